The van der Waals surface area contributed by atoms with Crippen molar-refractivity contribution in [1.82, 2.24) is 4.98 Å². The average Bonchev–Trinajstić information content (AvgIpc) is 2.70. The molecule has 2 aromatic carbocycles. The van der Waals surface area contributed by atoms with Gasteiger partial charge in [-0.05, 0) is 55.0 Å². The van der Waals surface area contributed by atoms with Crippen molar-refractivity contribution >= 4 is 23.2 Å². The van der Waals surface area contributed by atoms with Crippen LogP contribution in [0.4, 0.5) is 11.4 Å². The summed E-state index contributed by atoms with van der Waals surface area (Å²) in [5.74, 6) is -0.760. The molecule has 0 fully saturated rings. The standard InChI is InChI=1S/C21H16N4O2/c1-14-4-2-3-5-18(14)25-21(27)19-12-16(10-11-23-19)20(26)24-17-8-6-15(13-22)7-9-17/h2-12H,1H3,(H,24,26)(H,25,27). The summed E-state index contributed by atoms with van der Waals surface area (Å²) in [4.78, 5) is 28.9. The van der Waals surface area contributed by atoms with Gasteiger partial charge in [0.2, 0.25) is 0 Å². The fraction of sp³-hybridized carbons (Fsp3) is 0.0476. The van der Waals surface area contributed by atoms with Crippen LogP contribution >= 0.6 is 0 Å². The quantitative estimate of drug-likeness (QED) is 0.744. The van der Waals surface area contributed by atoms with Gasteiger partial charge in [0, 0.05) is 23.1 Å². The van der Waals surface area contributed by atoms with E-state index in [4.69, 9.17) is 5.26 Å². The second-order valence-corrected chi connectivity index (χ2v) is 5.84. The van der Waals surface area contributed by atoms with E-state index in [-0.39, 0.29) is 11.6 Å². The lowest BCUT2D eigenvalue weighted by Gasteiger charge is -2.09. The molecule has 0 radical (unpaired) electrons. The molecule has 3 aromatic rings. The minimum absolute atomic E-state index is 0.144. The van der Waals surface area contributed by atoms with E-state index in [0.717, 1.165) is 5.56 Å². The number of para-hydroxylation sites is 1. The Hall–Kier alpha value is -3.98. The number of nitrogens with zero attached hydrogens (tertiary/aromatic N) is 2. The van der Waals surface area contributed by atoms with Gasteiger partial charge in [-0.25, -0.2) is 0 Å². The van der Waals surface area contributed by atoms with Crippen LogP contribution in [-0.2, 0) is 0 Å². The highest BCUT2D eigenvalue weighted by Crippen LogP contribution is 2.15. The summed E-state index contributed by atoms with van der Waals surface area (Å²) in [5, 5.41) is 14.3. The molecule has 0 atom stereocenters. The second kappa shape index (κ2) is 7.93. The first-order valence-corrected chi connectivity index (χ1v) is 8.21. The van der Waals surface area contributed by atoms with Crippen LogP contribution in [0.25, 0.3) is 0 Å². The molecule has 1 heterocycles. The van der Waals surface area contributed by atoms with Crippen molar-refractivity contribution < 1.29 is 9.59 Å². The Morgan fingerprint density at radius 3 is 2.41 bits per heavy atom. The summed E-state index contributed by atoms with van der Waals surface area (Å²) in [6.07, 6.45) is 1.42. The normalized spacial score (nSPS) is 9.93. The third-order valence-corrected chi connectivity index (χ3v) is 3.92. The summed E-state index contributed by atoms with van der Waals surface area (Å²) in [7, 11) is 0. The molecule has 0 unspecified atom stereocenters. The van der Waals surface area contributed by atoms with Crippen molar-refractivity contribution in [2.24, 2.45) is 0 Å². The van der Waals surface area contributed by atoms with Crippen LogP contribution < -0.4 is 10.6 Å². The molecule has 0 aliphatic rings. The van der Waals surface area contributed by atoms with Gasteiger partial charge in [-0.1, -0.05) is 18.2 Å². The van der Waals surface area contributed by atoms with Crippen molar-refractivity contribution in [2.45, 2.75) is 6.92 Å². The van der Waals surface area contributed by atoms with Gasteiger partial charge in [0.05, 0.1) is 11.6 Å². The molecule has 132 valence electrons. The lowest BCUT2D eigenvalue weighted by atomic mass is 10.1. The number of pyridine rings is 1. The van der Waals surface area contributed by atoms with E-state index in [9.17, 15) is 9.59 Å². The number of amides is 2. The van der Waals surface area contributed by atoms with Crippen molar-refractivity contribution in [3.63, 3.8) is 0 Å². The van der Waals surface area contributed by atoms with Gasteiger partial charge >= 0.3 is 0 Å². The maximum atomic E-state index is 12.4. The average molecular weight is 356 g/mol. The molecular formula is C21H16N4O2. The summed E-state index contributed by atoms with van der Waals surface area (Å²) in [5.41, 5.74) is 3.14. The van der Waals surface area contributed by atoms with Crippen LogP contribution in [0.5, 0.6) is 0 Å². The largest absolute Gasteiger partial charge is 0.322 e. The van der Waals surface area contributed by atoms with E-state index in [0.29, 0.717) is 22.5 Å². The number of rotatable bonds is 4. The number of hydrogen-bond acceptors (Lipinski definition) is 4. The number of hydrogen-bond donors (Lipinski definition) is 2. The number of carbonyl (C=O) groups excluding carboxylic acids is 2. The Bertz CT molecular complexity index is 1040. The molecule has 0 spiro atoms. The minimum Gasteiger partial charge on any atom is -0.322 e. The number of aromatic nitrogens is 1. The lowest BCUT2D eigenvalue weighted by Crippen LogP contribution is -2.17. The number of benzene rings is 2. The van der Waals surface area contributed by atoms with Gasteiger partial charge in [0.15, 0.2) is 0 Å². The van der Waals surface area contributed by atoms with E-state index in [1.165, 1.54) is 18.3 Å². The highest BCUT2D eigenvalue weighted by molar-refractivity contribution is 6.08. The number of carbonyl (C=O) groups is 2. The predicted octanol–water partition coefficient (Wildman–Crippen LogP) is 3.77. The SMILES string of the molecule is Cc1ccccc1NC(=O)c1cc(C(=O)Nc2ccc(C#N)cc2)ccn1. The first kappa shape index (κ1) is 17.8. The van der Waals surface area contributed by atoms with Crippen LogP contribution in [0.2, 0.25) is 0 Å². The Morgan fingerprint density at radius 2 is 1.70 bits per heavy atom. The molecular weight excluding hydrogens is 340 g/mol. The van der Waals surface area contributed by atoms with Gasteiger partial charge in [-0.15, -0.1) is 0 Å². The van der Waals surface area contributed by atoms with E-state index in [2.05, 4.69) is 15.6 Å². The van der Waals surface area contributed by atoms with Gasteiger partial charge in [0.25, 0.3) is 11.8 Å². The van der Waals surface area contributed by atoms with Crippen LogP contribution in [0.15, 0.2) is 66.9 Å². The highest BCUT2D eigenvalue weighted by atomic mass is 16.2. The van der Waals surface area contributed by atoms with Crippen LogP contribution in [0, 0.1) is 18.3 Å². The Kier molecular flexibility index (Phi) is 5.24. The molecule has 0 bridgehead atoms. The van der Waals surface area contributed by atoms with Crippen LogP contribution in [-0.4, -0.2) is 16.8 Å². The van der Waals surface area contributed by atoms with E-state index in [1.807, 2.05) is 31.2 Å². The molecule has 0 saturated carbocycles. The number of nitrogens with one attached hydrogen (secondary N) is 2. The Morgan fingerprint density at radius 1 is 0.963 bits per heavy atom. The van der Waals surface area contributed by atoms with E-state index >= 15 is 0 Å². The fourth-order valence-electron chi connectivity index (χ4n) is 2.43. The highest BCUT2D eigenvalue weighted by Gasteiger charge is 2.13. The third kappa shape index (κ3) is 4.35. The number of nitriles is 1. The van der Waals surface area contributed by atoms with E-state index < -0.39 is 5.91 Å². The zero-order valence-electron chi connectivity index (χ0n) is 14.6. The third-order valence-electron chi connectivity index (χ3n) is 3.92. The van der Waals surface area contributed by atoms with E-state index in [1.54, 1.807) is 30.3 Å². The van der Waals surface area contributed by atoms with Gasteiger partial charge < -0.3 is 10.6 Å². The Balaban J connectivity index is 1.74. The van der Waals surface area contributed by atoms with Gasteiger partial charge in [-0.2, -0.15) is 5.26 Å². The Labute approximate surface area is 156 Å². The van der Waals surface area contributed by atoms with Crippen molar-refractivity contribution in [1.29, 1.82) is 5.26 Å². The van der Waals surface area contributed by atoms with Crippen molar-refractivity contribution in [3.8, 4) is 6.07 Å². The zero-order chi connectivity index (χ0) is 19.2. The summed E-state index contributed by atoms with van der Waals surface area (Å²) < 4.78 is 0. The lowest BCUT2D eigenvalue weighted by molar-refractivity contribution is 0.102. The summed E-state index contributed by atoms with van der Waals surface area (Å²) >= 11 is 0. The van der Waals surface area contributed by atoms with Crippen LogP contribution in [0.3, 0.4) is 0 Å². The number of anilines is 2. The molecule has 6 nitrogen and oxygen atoms in total. The molecule has 0 aliphatic carbocycles. The molecule has 1 aromatic heterocycles. The van der Waals surface area contributed by atoms with Crippen molar-refractivity contribution in [3.05, 3.63) is 89.2 Å². The molecule has 27 heavy (non-hydrogen) atoms. The topological polar surface area (TPSA) is 94.9 Å². The first-order valence-electron chi connectivity index (χ1n) is 8.21. The van der Waals surface area contributed by atoms with Gasteiger partial charge in [0.1, 0.15) is 5.69 Å². The molecule has 6 heteroatoms. The van der Waals surface area contributed by atoms with Crippen molar-refractivity contribution in [2.75, 3.05) is 10.6 Å². The first-order chi connectivity index (χ1) is 13.1. The number of aryl methyl sites for hydroxylation is 1. The molecule has 3 rings (SSSR count). The molecule has 0 aliphatic heterocycles. The monoisotopic (exact) mass is 356 g/mol. The zero-order valence-corrected chi connectivity index (χ0v) is 14.6. The maximum Gasteiger partial charge on any atom is 0.274 e. The fourth-order valence-corrected chi connectivity index (χ4v) is 2.43. The molecule has 2 N–H and O–H groups in total. The van der Waals surface area contributed by atoms with Gasteiger partial charge in [-0.3, -0.25) is 14.6 Å². The molecule has 2 amide bonds. The smallest absolute Gasteiger partial charge is 0.274 e. The van der Waals surface area contributed by atoms with Crippen LogP contribution in [0.1, 0.15) is 32.0 Å². The summed E-state index contributed by atoms with van der Waals surface area (Å²) in [6, 6.07) is 18.9. The minimum atomic E-state index is -0.391. The molecule has 0 saturated heterocycles. The second-order valence-electron chi connectivity index (χ2n) is 5.84. The summed E-state index contributed by atoms with van der Waals surface area (Å²) in [6.45, 7) is 1.89. The maximum absolute atomic E-state index is 12.4. The predicted molar refractivity (Wildman–Crippen MR) is 102 cm³/mol.